The van der Waals surface area contributed by atoms with Gasteiger partial charge in [0.15, 0.2) is 0 Å². The molecule has 4 aliphatic carbocycles. The molecule has 4 heteroatoms. The fourth-order valence-electron chi connectivity index (χ4n) is 8.57. The van der Waals surface area contributed by atoms with Gasteiger partial charge in [0.2, 0.25) is 5.60 Å². The topological polar surface area (TPSA) is 62.2 Å². The quantitative estimate of drug-likeness (QED) is 0.416. The molecule has 1 saturated heterocycles. The molecule has 144 valence electrons. The highest BCUT2D eigenvalue weighted by molar-refractivity contribution is 6.21. The molecule has 5 fully saturated rings. The smallest absolute Gasteiger partial charge is 0.358 e. The van der Waals surface area contributed by atoms with Crippen molar-refractivity contribution in [2.24, 2.45) is 45.6 Å². The maximum Gasteiger partial charge on any atom is 0.358 e. The summed E-state index contributed by atoms with van der Waals surface area (Å²) in [5.41, 5.74) is 0.126. The van der Waals surface area contributed by atoms with E-state index in [0.717, 1.165) is 18.3 Å². The molecule has 1 unspecified atom stereocenters. The number of rotatable bonds is 1. The van der Waals surface area contributed by atoms with E-state index in [9.17, 15) is 10.0 Å². The molecule has 26 heavy (non-hydrogen) atoms. The molecule has 0 aromatic carbocycles. The van der Waals surface area contributed by atoms with Crippen LogP contribution in [0.3, 0.4) is 0 Å². The van der Waals surface area contributed by atoms with Crippen LogP contribution in [0, 0.1) is 40.4 Å². The second-order valence-corrected chi connectivity index (χ2v) is 10.4. The molecule has 0 aromatic rings. The average molecular weight is 360 g/mol. The molecular weight excluding hydrogens is 326 g/mol. The number of hydrogen-bond donors (Lipinski definition) is 1. The van der Waals surface area contributed by atoms with Crippen molar-refractivity contribution >= 4 is 11.7 Å². The van der Waals surface area contributed by atoms with Gasteiger partial charge < -0.3 is 9.94 Å². The van der Waals surface area contributed by atoms with Crippen LogP contribution in [0.2, 0.25) is 0 Å². The summed E-state index contributed by atoms with van der Waals surface area (Å²) in [5.74, 6) is 3.29. The molecule has 0 amide bonds. The Morgan fingerprint density at radius 3 is 2.50 bits per heavy atom. The Balaban J connectivity index is 1.53. The zero-order chi connectivity index (χ0) is 18.3. The van der Waals surface area contributed by atoms with Crippen molar-refractivity contribution < 1.29 is 14.7 Å². The second kappa shape index (κ2) is 5.26. The van der Waals surface area contributed by atoms with Gasteiger partial charge in [-0.25, -0.2) is 4.79 Å². The first-order valence-electron chi connectivity index (χ1n) is 10.9. The fourth-order valence-corrected chi connectivity index (χ4v) is 8.57. The molecule has 1 aliphatic heterocycles. The van der Waals surface area contributed by atoms with E-state index in [0.29, 0.717) is 35.3 Å². The Bertz CT molecular complexity index is 674. The highest BCUT2D eigenvalue weighted by atomic mass is 16.7. The first-order valence-corrected chi connectivity index (χ1v) is 10.9. The van der Waals surface area contributed by atoms with Gasteiger partial charge in [-0.3, -0.25) is 0 Å². The van der Waals surface area contributed by atoms with E-state index in [1.54, 1.807) is 0 Å². The van der Waals surface area contributed by atoms with Crippen molar-refractivity contribution in [2.45, 2.75) is 84.2 Å². The molecule has 0 aromatic heterocycles. The van der Waals surface area contributed by atoms with Gasteiger partial charge in [0, 0.05) is 11.8 Å². The second-order valence-electron chi connectivity index (χ2n) is 10.4. The third-order valence-corrected chi connectivity index (χ3v) is 9.99. The molecule has 8 atom stereocenters. The largest absolute Gasteiger partial charge is 0.437 e. The van der Waals surface area contributed by atoms with E-state index >= 15 is 0 Å². The van der Waals surface area contributed by atoms with E-state index in [1.165, 1.54) is 44.9 Å². The van der Waals surface area contributed by atoms with Crippen LogP contribution in [0.15, 0.2) is 5.16 Å². The van der Waals surface area contributed by atoms with Crippen LogP contribution in [0.25, 0.3) is 0 Å². The minimum Gasteiger partial charge on any atom is -0.437 e. The lowest BCUT2D eigenvalue weighted by Gasteiger charge is -2.60. The summed E-state index contributed by atoms with van der Waals surface area (Å²) in [5, 5.41) is 13.7. The Labute approximate surface area is 156 Å². The van der Waals surface area contributed by atoms with Gasteiger partial charge in [0.05, 0.1) is 0 Å². The Hall–Kier alpha value is -1.06. The lowest BCUT2D eigenvalue weighted by atomic mass is 9.43. The van der Waals surface area contributed by atoms with Gasteiger partial charge in [-0.2, -0.15) is 0 Å². The van der Waals surface area contributed by atoms with Crippen molar-refractivity contribution in [2.75, 3.05) is 0 Å². The van der Waals surface area contributed by atoms with Crippen molar-refractivity contribution in [1.82, 2.24) is 0 Å². The number of nitrogens with zero attached hydrogens (tertiary/aromatic N) is 1. The highest BCUT2D eigenvalue weighted by Crippen LogP contribution is 2.68. The summed E-state index contributed by atoms with van der Waals surface area (Å²) in [6.45, 7) is 7.22. The number of carbonyl (C=O) groups is 1. The maximum atomic E-state index is 12.1. The molecule has 1 N–H and O–H groups in total. The third-order valence-electron chi connectivity index (χ3n) is 9.99. The van der Waals surface area contributed by atoms with Crippen molar-refractivity contribution in [1.29, 1.82) is 0 Å². The fraction of sp³-hybridized carbons (Fsp3) is 0.909. The van der Waals surface area contributed by atoms with Gasteiger partial charge in [-0.05, 0) is 80.0 Å². The zero-order valence-corrected chi connectivity index (χ0v) is 16.5. The van der Waals surface area contributed by atoms with Gasteiger partial charge in [0.25, 0.3) is 0 Å². The van der Waals surface area contributed by atoms with Crippen LogP contribution in [-0.2, 0) is 9.53 Å². The number of hydrogen-bond acceptors (Lipinski definition) is 4. The van der Waals surface area contributed by atoms with Crippen molar-refractivity contribution in [3.63, 3.8) is 0 Å². The molecule has 4 saturated carbocycles. The summed E-state index contributed by atoms with van der Waals surface area (Å²) in [7, 11) is 0. The Kier molecular flexibility index (Phi) is 3.45. The van der Waals surface area contributed by atoms with Crippen LogP contribution in [0.5, 0.6) is 0 Å². The average Bonchev–Trinajstić information content (AvgIpc) is 3.11. The van der Waals surface area contributed by atoms with Gasteiger partial charge in [-0.15, -0.1) is 0 Å². The van der Waals surface area contributed by atoms with Crippen LogP contribution in [-0.4, -0.2) is 22.5 Å². The van der Waals surface area contributed by atoms with Crippen molar-refractivity contribution in [3.8, 4) is 0 Å². The van der Waals surface area contributed by atoms with E-state index < -0.39 is 5.60 Å². The van der Waals surface area contributed by atoms with Gasteiger partial charge >= 0.3 is 5.97 Å². The first kappa shape index (κ1) is 17.1. The van der Waals surface area contributed by atoms with E-state index in [-0.39, 0.29) is 11.4 Å². The molecule has 4 nitrogen and oxygen atoms in total. The third kappa shape index (κ3) is 1.82. The van der Waals surface area contributed by atoms with Crippen LogP contribution in [0.1, 0.15) is 78.6 Å². The van der Waals surface area contributed by atoms with E-state index in [1.807, 2.05) is 0 Å². The lowest BCUT2D eigenvalue weighted by molar-refractivity contribution is -0.117. The molecule has 5 rings (SSSR count). The SMILES string of the molecule is CC[C@H]1CC[C@H]2[C@@H]3CC[C@H]4CCC5(OC5=O)/C(=N\O)[C@]4(C)[C@H]3CC[C@]12C. The standard InChI is InChI=1S/C22H33NO3/c1-4-13-6-8-16-15-7-5-14-9-12-22(19(24)26-22)18(23-25)21(14,3)17(15)10-11-20(13,16)2/h13-17,25H,4-12H2,1-3H3/b23-18-/t13-,14-,15-,16-,17-,20+,21-,22?/m0/s1. The van der Waals surface area contributed by atoms with Gasteiger partial charge in [0.1, 0.15) is 5.71 Å². The first-order chi connectivity index (χ1) is 12.4. The predicted octanol–water partition coefficient (Wildman–Crippen LogP) is 4.79. The van der Waals surface area contributed by atoms with Gasteiger partial charge in [-0.1, -0.05) is 32.3 Å². The van der Waals surface area contributed by atoms with E-state index in [2.05, 4.69) is 25.9 Å². The highest BCUT2D eigenvalue weighted by Gasteiger charge is 2.73. The number of ether oxygens (including phenoxy) is 1. The summed E-state index contributed by atoms with van der Waals surface area (Å²) in [6, 6.07) is 0. The van der Waals surface area contributed by atoms with Crippen LogP contribution in [0.4, 0.5) is 0 Å². The summed E-state index contributed by atoms with van der Waals surface area (Å²) < 4.78 is 5.45. The monoisotopic (exact) mass is 359 g/mol. The number of fused-ring (bicyclic) bond motifs is 5. The minimum atomic E-state index is -0.871. The lowest BCUT2D eigenvalue weighted by Crippen LogP contribution is -2.60. The molecule has 0 radical (unpaired) electrons. The summed E-state index contributed by atoms with van der Waals surface area (Å²) in [6.07, 6.45) is 10.8. The molecule has 5 aliphatic rings. The van der Waals surface area contributed by atoms with Crippen LogP contribution < -0.4 is 0 Å². The Morgan fingerprint density at radius 2 is 1.85 bits per heavy atom. The predicted molar refractivity (Wildman–Crippen MR) is 98.9 cm³/mol. The normalized spacial score (nSPS) is 56.7. The summed E-state index contributed by atoms with van der Waals surface area (Å²) >= 11 is 0. The Morgan fingerprint density at radius 1 is 1.08 bits per heavy atom. The molecule has 1 heterocycles. The summed E-state index contributed by atoms with van der Waals surface area (Å²) in [4.78, 5) is 12.1. The maximum absolute atomic E-state index is 12.1. The van der Waals surface area contributed by atoms with Crippen molar-refractivity contribution in [3.05, 3.63) is 0 Å². The number of carbonyl (C=O) groups excluding carboxylic acids is 1. The van der Waals surface area contributed by atoms with E-state index in [4.69, 9.17) is 4.74 Å². The minimum absolute atomic E-state index is 0.167. The van der Waals surface area contributed by atoms with Crippen LogP contribution >= 0.6 is 0 Å². The molecular formula is C22H33NO3. The zero-order valence-electron chi connectivity index (χ0n) is 16.5. The number of oxime groups is 1. The number of epoxide rings is 1. The molecule has 1 spiro atoms. The molecule has 0 bridgehead atoms.